The topological polar surface area (TPSA) is 55.4 Å². The van der Waals surface area contributed by atoms with E-state index in [1.807, 2.05) is 0 Å². The molecular formula is C12H9Br2NO3. The van der Waals surface area contributed by atoms with E-state index in [0.717, 1.165) is 6.29 Å². The van der Waals surface area contributed by atoms with E-state index >= 15 is 0 Å². The first-order valence-electron chi connectivity index (χ1n) is 4.85. The molecule has 0 atom stereocenters. The molecule has 1 aromatic rings. The summed E-state index contributed by atoms with van der Waals surface area (Å²) in [6, 6.07) is 3.21. The van der Waals surface area contributed by atoms with E-state index in [1.54, 1.807) is 12.1 Å². The summed E-state index contributed by atoms with van der Waals surface area (Å²) in [6.07, 6.45) is 5.73. The largest absolute Gasteiger partial charge is 0.481 e. The van der Waals surface area contributed by atoms with Crippen LogP contribution in [0.15, 0.2) is 21.1 Å². The van der Waals surface area contributed by atoms with Gasteiger partial charge in [-0.25, -0.2) is 0 Å². The van der Waals surface area contributed by atoms with Gasteiger partial charge in [-0.3, -0.25) is 9.59 Å². The van der Waals surface area contributed by atoms with Gasteiger partial charge < -0.3 is 10.1 Å². The van der Waals surface area contributed by atoms with Crippen LogP contribution in [-0.2, 0) is 4.79 Å². The number of carbonyl (C=O) groups is 2. The van der Waals surface area contributed by atoms with Crippen LogP contribution in [0, 0.1) is 12.3 Å². The van der Waals surface area contributed by atoms with Gasteiger partial charge >= 0.3 is 0 Å². The molecule has 1 N–H and O–H groups in total. The second-order valence-corrected chi connectivity index (χ2v) is 4.91. The van der Waals surface area contributed by atoms with Crippen molar-refractivity contribution in [3.63, 3.8) is 0 Å². The van der Waals surface area contributed by atoms with Crippen molar-refractivity contribution >= 4 is 44.1 Å². The van der Waals surface area contributed by atoms with Crippen LogP contribution in [0.3, 0.4) is 0 Å². The Bertz CT molecular complexity index is 486. The molecule has 0 aliphatic heterocycles. The quantitative estimate of drug-likeness (QED) is 0.634. The summed E-state index contributed by atoms with van der Waals surface area (Å²) in [6.45, 7) is 0.00787. The summed E-state index contributed by atoms with van der Waals surface area (Å²) < 4.78 is 6.51. The molecule has 0 aliphatic carbocycles. The number of carbonyl (C=O) groups excluding carboxylic acids is 2. The fourth-order valence-electron chi connectivity index (χ4n) is 1.12. The fraction of sp³-hybridized carbons (Fsp3) is 0.167. The van der Waals surface area contributed by atoms with Crippen molar-refractivity contribution in [1.82, 2.24) is 5.32 Å². The molecule has 0 aromatic heterocycles. The van der Waals surface area contributed by atoms with Crippen LogP contribution in [0.1, 0.15) is 10.4 Å². The van der Waals surface area contributed by atoms with Gasteiger partial charge in [0.1, 0.15) is 12.0 Å². The van der Waals surface area contributed by atoms with Crippen molar-refractivity contribution in [1.29, 1.82) is 0 Å². The van der Waals surface area contributed by atoms with Crippen molar-refractivity contribution in [3.05, 3.63) is 26.6 Å². The Kier molecular flexibility index (Phi) is 5.89. The number of hydrogen-bond donors (Lipinski definition) is 1. The lowest BCUT2D eigenvalue weighted by Gasteiger charge is -2.10. The van der Waals surface area contributed by atoms with Crippen LogP contribution < -0.4 is 10.1 Å². The van der Waals surface area contributed by atoms with Gasteiger partial charge in [-0.1, -0.05) is 5.92 Å². The van der Waals surface area contributed by atoms with Crippen molar-refractivity contribution in [2.45, 2.75) is 0 Å². The molecule has 4 nitrogen and oxygen atoms in total. The van der Waals surface area contributed by atoms with Crippen LogP contribution in [0.2, 0.25) is 0 Å². The molecule has 1 rings (SSSR count). The molecule has 18 heavy (non-hydrogen) atoms. The maximum atomic E-state index is 11.3. The highest BCUT2D eigenvalue weighted by molar-refractivity contribution is 9.11. The molecule has 0 heterocycles. The third-order valence-electron chi connectivity index (χ3n) is 1.89. The highest BCUT2D eigenvalue weighted by Crippen LogP contribution is 2.34. The Labute approximate surface area is 121 Å². The molecule has 1 amide bonds. The number of rotatable bonds is 5. The molecule has 0 aliphatic rings. The molecule has 0 saturated heterocycles. The Balaban J connectivity index is 2.71. The van der Waals surface area contributed by atoms with Crippen molar-refractivity contribution < 1.29 is 14.3 Å². The van der Waals surface area contributed by atoms with E-state index in [4.69, 9.17) is 11.2 Å². The zero-order valence-corrected chi connectivity index (χ0v) is 12.4. The predicted octanol–water partition coefficient (Wildman–Crippen LogP) is 2.15. The maximum absolute atomic E-state index is 11.3. The third kappa shape index (κ3) is 4.17. The van der Waals surface area contributed by atoms with E-state index in [0.29, 0.717) is 20.3 Å². The van der Waals surface area contributed by atoms with E-state index in [-0.39, 0.29) is 19.1 Å². The Hall–Kier alpha value is -1.32. The molecule has 0 unspecified atom stereocenters. The van der Waals surface area contributed by atoms with Crippen LogP contribution in [-0.4, -0.2) is 25.3 Å². The number of aldehydes is 1. The smallest absolute Gasteiger partial charge is 0.258 e. The Morgan fingerprint density at radius 3 is 2.56 bits per heavy atom. The van der Waals surface area contributed by atoms with Gasteiger partial charge in [-0.15, -0.1) is 6.42 Å². The van der Waals surface area contributed by atoms with Crippen molar-refractivity contribution in [2.75, 3.05) is 13.2 Å². The zero-order valence-electron chi connectivity index (χ0n) is 9.20. The highest BCUT2D eigenvalue weighted by Gasteiger charge is 2.10. The summed E-state index contributed by atoms with van der Waals surface area (Å²) in [5.74, 6) is 2.43. The lowest BCUT2D eigenvalue weighted by atomic mass is 10.2. The number of terminal acetylenes is 1. The molecule has 6 heteroatoms. The van der Waals surface area contributed by atoms with Gasteiger partial charge in [0.25, 0.3) is 5.91 Å². The lowest BCUT2D eigenvalue weighted by molar-refractivity contribution is -0.122. The fourth-order valence-corrected chi connectivity index (χ4v) is 2.57. The molecule has 0 saturated carbocycles. The first-order chi connectivity index (χ1) is 8.58. The molecule has 0 spiro atoms. The summed E-state index contributed by atoms with van der Waals surface area (Å²) in [5.41, 5.74) is 0.498. The van der Waals surface area contributed by atoms with Crippen LogP contribution in [0.4, 0.5) is 0 Å². The normalized spacial score (nSPS) is 9.39. The number of halogens is 2. The molecule has 0 fully saturated rings. The molecule has 0 bridgehead atoms. The maximum Gasteiger partial charge on any atom is 0.258 e. The number of hydrogen-bond acceptors (Lipinski definition) is 3. The third-order valence-corrected chi connectivity index (χ3v) is 3.07. The van der Waals surface area contributed by atoms with Gasteiger partial charge in [0.15, 0.2) is 6.61 Å². The second-order valence-electron chi connectivity index (χ2n) is 3.20. The van der Waals surface area contributed by atoms with Gasteiger partial charge in [-0.05, 0) is 44.0 Å². The van der Waals surface area contributed by atoms with E-state index in [9.17, 15) is 9.59 Å². The second kappa shape index (κ2) is 7.19. The van der Waals surface area contributed by atoms with Crippen molar-refractivity contribution in [3.8, 4) is 18.1 Å². The summed E-state index contributed by atoms with van der Waals surface area (Å²) in [7, 11) is 0. The molecular weight excluding hydrogens is 366 g/mol. The van der Waals surface area contributed by atoms with Crippen LogP contribution >= 0.6 is 31.9 Å². The average molecular weight is 375 g/mol. The Morgan fingerprint density at radius 2 is 2.06 bits per heavy atom. The predicted molar refractivity (Wildman–Crippen MR) is 74.6 cm³/mol. The van der Waals surface area contributed by atoms with Gasteiger partial charge in [-0.2, -0.15) is 0 Å². The van der Waals surface area contributed by atoms with E-state index in [1.165, 1.54) is 0 Å². The average Bonchev–Trinajstić information content (AvgIpc) is 2.34. The summed E-state index contributed by atoms with van der Waals surface area (Å²) in [4.78, 5) is 21.9. The SMILES string of the molecule is C#CCNC(=O)COc1c(Br)cc(C=O)cc1Br. The molecule has 94 valence electrons. The first kappa shape index (κ1) is 14.7. The number of benzene rings is 1. The first-order valence-corrected chi connectivity index (χ1v) is 6.44. The van der Waals surface area contributed by atoms with Gasteiger partial charge in [0.2, 0.25) is 0 Å². The van der Waals surface area contributed by atoms with E-state index < -0.39 is 0 Å². The summed E-state index contributed by atoms with van der Waals surface area (Å²) >= 11 is 6.53. The highest BCUT2D eigenvalue weighted by atomic mass is 79.9. The lowest BCUT2D eigenvalue weighted by Crippen LogP contribution is -2.29. The molecule has 0 radical (unpaired) electrons. The minimum Gasteiger partial charge on any atom is -0.481 e. The zero-order chi connectivity index (χ0) is 13.5. The van der Waals surface area contributed by atoms with Crippen LogP contribution in [0.25, 0.3) is 0 Å². The Morgan fingerprint density at radius 1 is 1.44 bits per heavy atom. The van der Waals surface area contributed by atoms with Crippen molar-refractivity contribution in [2.24, 2.45) is 0 Å². The van der Waals surface area contributed by atoms with E-state index in [2.05, 4.69) is 43.1 Å². The van der Waals surface area contributed by atoms with Gasteiger partial charge in [0.05, 0.1) is 15.5 Å². The minimum atomic E-state index is -0.314. The standard InChI is InChI=1S/C12H9Br2NO3/c1-2-3-15-11(17)7-18-12-9(13)4-8(6-16)5-10(12)14/h1,4-6H,3,7H2,(H,15,17). The van der Waals surface area contributed by atoms with Gasteiger partial charge in [0, 0.05) is 5.56 Å². The monoisotopic (exact) mass is 373 g/mol. The van der Waals surface area contributed by atoms with Crippen LogP contribution in [0.5, 0.6) is 5.75 Å². The summed E-state index contributed by atoms with van der Waals surface area (Å²) in [5, 5.41) is 2.48. The number of nitrogens with one attached hydrogen (secondary N) is 1. The number of ether oxygens (including phenoxy) is 1. The molecule has 1 aromatic carbocycles. The minimum absolute atomic E-state index is 0.153. The number of amides is 1.